The highest BCUT2D eigenvalue weighted by Gasteiger charge is 2.17. The lowest BCUT2D eigenvalue weighted by molar-refractivity contribution is -0.384. The van der Waals surface area contributed by atoms with Crippen molar-refractivity contribution >= 4 is 40.4 Å². The maximum atomic E-state index is 12.3. The zero-order chi connectivity index (χ0) is 18.6. The highest BCUT2D eigenvalue weighted by Crippen LogP contribution is 2.27. The van der Waals surface area contributed by atoms with Crippen LogP contribution in [0.2, 0.25) is 5.02 Å². The highest BCUT2D eigenvalue weighted by atomic mass is 35.5. The van der Waals surface area contributed by atoms with Crippen LogP contribution in [0, 0.1) is 10.1 Å². The van der Waals surface area contributed by atoms with Crippen LogP contribution in [0.4, 0.5) is 17.1 Å². The van der Waals surface area contributed by atoms with Crippen LogP contribution >= 0.6 is 11.6 Å². The summed E-state index contributed by atoms with van der Waals surface area (Å²) in [6.07, 6.45) is 0. The highest BCUT2D eigenvalue weighted by molar-refractivity contribution is 6.33. The quantitative estimate of drug-likeness (QED) is 0.461. The van der Waals surface area contributed by atoms with Crippen molar-refractivity contribution in [1.29, 1.82) is 0 Å². The molecule has 0 unspecified atom stereocenters. The van der Waals surface area contributed by atoms with Crippen LogP contribution in [0.3, 0.4) is 0 Å². The van der Waals surface area contributed by atoms with E-state index in [-0.39, 0.29) is 22.2 Å². The van der Waals surface area contributed by atoms with E-state index in [0.29, 0.717) is 11.3 Å². The second-order valence-corrected chi connectivity index (χ2v) is 5.82. The van der Waals surface area contributed by atoms with Crippen molar-refractivity contribution in [1.82, 2.24) is 0 Å². The minimum atomic E-state index is -0.655. The lowest BCUT2D eigenvalue weighted by atomic mass is 10.1. The number of carbonyl (C=O) groups is 2. The van der Waals surface area contributed by atoms with Gasteiger partial charge in [0.1, 0.15) is 6.04 Å². The van der Waals surface area contributed by atoms with Crippen molar-refractivity contribution in [3.63, 3.8) is 0 Å². The van der Waals surface area contributed by atoms with Crippen molar-refractivity contribution in [2.75, 3.05) is 10.6 Å². The summed E-state index contributed by atoms with van der Waals surface area (Å²) in [5.41, 5.74) is 1.13. The molecule has 2 aromatic carbocycles. The first-order chi connectivity index (χ1) is 11.8. The molecule has 2 rings (SSSR count). The van der Waals surface area contributed by atoms with Crippen LogP contribution < -0.4 is 10.6 Å². The topological polar surface area (TPSA) is 101 Å². The number of carbonyl (C=O) groups excluding carboxylic acids is 2. The number of amides is 1. The summed E-state index contributed by atoms with van der Waals surface area (Å²) in [7, 11) is 0. The van der Waals surface area contributed by atoms with E-state index in [2.05, 4.69) is 10.6 Å². The molecule has 8 heteroatoms. The molecule has 0 fully saturated rings. The maximum Gasteiger partial charge on any atom is 0.271 e. The van der Waals surface area contributed by atoms with E-state index < -0.39 is 16.9 Å². The fourth-order valence-corrected chi connectivity index (χ4v) is 2.27. The molecule has 1 amide bonds. The van der Waals surface area contributed by atoms with Gasteiger partial charge in [0.05, 0.1) is 15.6 Å². The number of nitro groups is 1. The molecule has 0 saturated carbocycles. The van der Waals surface area contributed by atoms with Gasteiger partial charge in [-0.05, 0) is 32.0 Å². The summed E-state index contributed by atoms with van der Waals surface area (Å²) in [5.74, 6) is -0.500. The molecule has 1 atom stereocenters. The van der Waals surface area contributed by atoms with Gasteiger partial charge in [-0.25, -0.2) is 0 Å². The Morgan fingerprint density at radius 1 is 1.20 bits per heavy atom. The minimum Gasteiger partial charge on any atom is -0.374 e. The zero-order valence-corrected chi connectivity index (χ0v) is 14.3. The number of hydrogen-bond acceptors (Lipinski definition) is 5. The number of Topliss-reactive ketones (excluding diaryl/α,β-unsaturated/α-hetero) is 1. The third kappa shape index (κ3) is 4.77. The third-order valence-corrected chi connectivity index (χ3v) is 3.79. The SMILES string of the molecule is CC(=O)c1cccc(N[C@@H](C)C(=O)Nc2cc([N+](=O)[O-])ccc2Cl)c1. The van der Waals surface area contributed by atoms with Crippen molar-refractivity contribution < 1.29 is 14.5 Å². The number of rotatable bonds is 6. The Labute approximate surface area is 149 Å². The van der Waals surface area contributed by atoms with Crippen LogP contribution in [0.25, 0.3) is 0 Å². The number of non-ortho nitro benzene ring substituents is 1. The minimum absolute atomic E-state index is 0.0795. The van der Waals surface area contributed by atoms with Gasteiger partial charge in [0.15, 0.2) is 5.78 Å². The molecule has 0 saturated heterocycles. The van der Waals surface area contributed by atoms with E-state index in [1.54, 1.807) is 31.2 Å². The monoisotopic (exact) mass is 361 g/mol. The molecule has 0 aliphatic carbocycles. The van der Waals surface area contributed by atoms with E-state index in [4.69, 9.17) is 11.6 Å². The summed E-state index contributed by atoms with van der Waals surface area (Å²) in [6, 6.07) is 9.92. The van der Waals surface area contributed by atoms with Gasteiger partial charge in [0.25, 0.3) is 5.69 Å². The van der Waals surface area contributed by atoms with Crippen LogP contribution in [0.1, 0.15) is 24.2 Å². The predicted molar refractivity (Wildman–Crippen MR) is 96.3 cm³/mol. The first kappa shape index (κ1) is 18.4. The summed E-state index contributed by atoms with van der Waals surface area (Å²) >= 11 is 5.97. The number of halogens is 1. The number of anilines is 2. The predicted octanol–water partition coefficient (Wildman–Crippen LogP) is 3.89. The molecule has 25 heavy (non-hydrogen) atoms. The van der Waals surface area contributed by atoms with E-state index in [1.807, 2.05) is 0 Å². The van der Waals surface area contributed by atoms with Crippen molar-refractivity contribution in [3.05, 3.63) is 63.2 Å². The van der Waals surface area contributed by atoms with Gasteiger partial charge in [0, 0.05) is 23.4 Å². The molecule has 2 aromatic rings. The molecule has 0 bridgehead atoms. The molecular weight excluding hydrogens is 346 g/mol. The molecule has 0 heterocycles. The number of nitro benzene ring substituents is 1. The fraction of sp³-hybridized carbons (Fsp3) is 0.176. The molecule has 0 spiro atoms. The van der Waals surface area contributed by atoms with Gasteiger partial charge >= 0.3 is 0 Å². The van der Waals surface area contributed by atoms with Gasteiger partial charge in [-0.2, -0.15) is 0 Å². The van der Waals surface area contributed by atoms with E-state index in [1.165, 1.54) is 25.1 Å². The second kappa shape index (κ2) is 7.76. The third-order valence-electron chi connectivity index (χ3n) is 3.46. The lowest BCUT2D eigenvalue weighted by Crippen LogP contribution is -2.32. The first-order valence-electron chi connectivity index (χ1n) is 7.40. The standard InChI is InChI=1S/C17H16ClN3O4/c1-10(19-13-5-3-4-12(8-13)11(2)22)17(23)20-16-9-14(21(24)25)6-7-15(16)18/h3-10,19H,1-2H3,(H,20,23)/t10-/m0/s1. The molecule has 0 aliphatic rings. The van der Waals surface area contributed by atoms with E-state index in [9.17, 15) is 19.7 Å². The Hall–Kier alpha value is -2.93. The molecule has 7 nitrogen and oxygen atoms in total. The summed E-state index contributed by atoms with van der Waals surface area (Å²) in [4.78, 5) is 34.0. The van der Waals surface area contributed by atoms with Crippen molar-refractivity contribution in [2.24, 2.45) is 0 Å². The van der Waals surface area contributed by atoms with Crippen molar-refractivity contribution in [2.45, 2.75) is 19.9 Å². The number of ketones is 1. The van der Waals surface area contributed by atoms with Crippen LogP contribution in [-0.2, 0) is 4.79 Å². The zero-order valence-electron chi connectivity index (χ0n) is 13.6. The number of hydrogen-bond donors (Lipinski definition) is 2. The van der Waals surface area contributed by atoms with Gasteiger partial charge in [0.2, 0.25) is 5.91 Å². The number of nitrogens with one attached hydrogen (secondary N) is 2. The Morgan fingerprint density at radius 3 is 2.56 bits per heavy atom. The molecular formula is C17H16ClN3O4. The molecule has 0 radical (unpaired) electrons. The van der Waals surface area contributed by atoms with E-state index >= 15 is 0 Å². The summed E-state index contributed by atoms with van der Waals surface area (Å²) < 4.78 is 0. The van der Waals surface area contributed by atoms with Gasteiger partial charge in [-0.1, -0.05) is 23.7 Å². The van der Waals surface area contributed by atoms with Crippen molar-refractivity contribution in [3.8, 4) is 0 Å². The first-order valence-corrected chi connectivity index (χ1v) is 7.78. The summed E-state index contributed by atoms with van der Waals surface area (Å²) in [5, 5.41) is 16.6. The Morgan fingerprint density at radius 2 is 1.92 bits per heavy atom. The number of benzene rings is 2. The normalized spacial score (nSPS) is 11.5. The smallest absolute Gasteiger partial charge is 0.271 e. The number of nitrogens with zero attached hydrogens (tertiary/aromatic N) is 1. The Kier molecular flexibility index (Phi) is 5.71. The Balaban J connectivity index is 2.10. The summed E-state index contributed by atoms with van der Waals surface area (Å²) in [6.45, 7) is 3.08. The fourth-order valence-electron chi connectivity index (χ4n) is 2.11. The van der Waals surface area contributed by atoms with Gasteiger partial charge in [-0.15, -0.1) is 0 Å². The average Bonchev–Trinajstić information content (AvgIpc) is 2.56. The molecule has 0 aliphatic heterocycles. The average molecular weight is 362 g/mol. The van der Waals surface area contributed by atoms with Gasteiger partial charge < -0.3 is 10.6 Å². The van der Waals surface area contributed by atoms with Gasteiger partial charge in [-0.3, -0.25) is 19.7 Å². The second-order valence-electron chi connectivity index (χ2n) is 5.41. The largest absolute Gasteiger partial charge is 0.374 e. The molecule has 130 valence electrons. The molecule has 0 aromatic heterocycles. The Bertz CT molecular complexity index is 838. The van der Waals surface area contributed by atoms with Crippen LogP contribution in [0.5, 0.6) is 0 Å². The van der Waals surface area contributed by atoms with E-state index in [0.717, 1.165) is 0 Å². The molecule has 2 N–H and O–H groups in total. The maximum absolute atomic E-state index is 12.3. The van der Waals surface area contributed by atoms with Crippen LogP contribution in [-0.4, -0.2) is 22.7 Å². The van der Waals surface area contributed by atoms with Crippen LogP contribution in [0.15, 0.2) is 42.5 Å². The lowest BCUT2D eigenvalue weighted by Gasteiger charge is -2.16.